The van der Waals surface area contributed by atoms with Crippen LogP contribution in [0.3, 0.4) is 0 Å². The number of piperidine rings is 1. The molecule has 2 heteroatoms. The molecule has 128 valence electrons. The molecule has 0 aromatic heterocycles. The molecule has 2 aromatic carbocycles. The van der Waals surface area contributed by atoms with Gasteiger partial charge in [0.05, 0.1) is 0 Å². The van der Waals surface area contributed by atoms with Crippen LogP contribution in [0.15, 0.2) is 60.7 Å². The van der Waals surface area contributed by atoms with E-state index in [1.165, 1.54) is 12.8 Å². The maximum atomic E-state index is 11.9. The Bertz CT molecular complexity index is 571. The Hall–Kier alpha value is -1.64. The van der Waals surface area contributed by atoms with Crippen LogP contribution in [0.2, 0.25) is 0 Å². The predicted molar refractivity (Wildman–Crippen MR) is 100.0 cm³/mol. The predicted octanol–water partition coefficient (Wildman–Crippen LogP) is 4.43. The summed E-state index contributed by atoms with van der Waals surface area (Å²) >= 11 is 0. The average molecular weight is 323 g/mol. The largest absolute Gasteiger partial charge is 0.380 e. The van der Waals surface area contributed by atoms with Crippen molar-refractivity contribution in [3.8, 4) is 0 Å². The van der Waals surface area contributed by atoms with Gasteiger partial charge in [-0.05, 0) is 43.5 Å². The van der Waals surface area contributed by atoms with Crippen LogP contribution in [-0.2, 0) is 5.60 Å². The van der Waals surface area contributed by atoms with E-state index in [9.17, 15) is 5.11 Å². The van der Waals surface area contributed by atoms with Gasteiger partial charge in [0.1, 0.15) is 5.60 Å². The monoisotopic (exact) mass is 323 g/mol. The molecule has 1 heterocycles. The summed E-state index contributed by atoms with van der Waals surface area (Å²) in [6.45, 7) is 5.52. The first-order chi connectivity index (χ1) is 11.7. The minimum Gasteiger partial charge on any atom is -0.380 e. The molecule has 24 heavy (non-hydrogen) atoms. The zero-order valence-corrected chi connectivity index (χ0v) is 14.7. The fourth-order valence-electron chi connectivity index (χ4n) is 4.00. The molecule has 1 aliphatic rings. The Morgan fingerprint density at radius 1 is 1.00 bits per heavy atom. The zero-order valence-electron chi connectivity index (χ0n) is 14.7. The maximum Gasteiger partial charge on any atom is 0.119 e. The summed E-state index contributed by atoms with van der Waals surface area (Å²) in [6.07, 6.45) is 4.70. The maximum absolute atomic E-state index is 11.9. The number of unbranched alkanes of at least 4 members (excludes halogenated alkanes) is 1. The van der Waals surface area contributed by atoms with Gasteiger partial charge in [0.25, 0.3) is 0 Å². The number of aliphatic hydroxyl groups is 1. The van der Waals surface area contributed by atoms with E-state index in [2.05, 4.69) is 36.1 Å². The molecule has 0 bridgehead atoms. The number of benzene rings is 2. The minimum absolute atomic E-state index is 0.230. The second-order valence-corrected chi connectivity index (χ2v) is 6.99. The van der Waals surface area contributed by atoms with Gasteiger partial charge in [-0.25, -0.2) is 0 Å². The molecule has 1 unspecified atom stereocenters. The van der Waals surface area contributed by atoms with Crippen molar-refractivity contribution in [1.82, 2.24) is 4.90 Å². The van der Waals surface area contributed by atoms with Crippen molar-refractivity contribution in [3.63, 3.8) is 0 Å². The second-order valence-electron chi connectivity index (χ2n) is 6.99. The third-order valence-electron chi connectivity index (χ3n) is 5.35. The standard InChI is InChI=1S/C22H29NO/c1-2-3-16-23-17-10-15-21(18-23)22(24,19-11-6-4-7-12-19)20-13-8-5-9-14-20/h4-9,11-14,21,24H,2-3,10,15-18H2,1H3. The van der Waals surface area contributed by atoms with Crippen molar-refractivity contribution in [2.75, 3.05) is 19.6 Å². The van der Waals surface area contributed by atoms with Crippen LogP contribution in [0.5, 0.6) is 0 Å². The number of hydrogen-bond donors (Lipinski definition) is 1. The average Bonchev–Trinajstić information content (AvgIpc) is 2.67. The van der Waals surface area contributed by atoms with E-state index in [1.54, 1.807) is 0 Å². The Kier molecular flexibility index (Phi) is 5.70. The smallest absolute Gasteiger partial charge is 0.119 e. The van der Waals surface area contributed by atoms with Crippen molar-refractivity contribution in [1.29, 1.82) is 0 Å². The van der Waals surface area contributed by atoms with E-state index >= 15 is 0 Å². The van der Waals surface area contributed by atoms with Crippen molar-refractivity contribution in [2.24, 2.45) is 5.92 Å². The van der Waals surface area contributed by atoms with Crippen LogP contribution in [0, 0.1) is 5.92 Å². The Morgan fingerprint density at radius 3 is 2.12 bits per heavy atom. The summed E-state index contributed by atoms with van der Waals surface area (Å²) in [5, 5.41) is 11.9. The Balaban J connectivity index is 1.93. The topological polar surface area (TPSA) is 23.5 Å². The lowest BCUT2D eigenvalue weighted by Gasteiger charge is -2.43. The normalized spacial score (nSPS) is 19.3. The summed E-state index contributed by atoms with van der Waals surface area (Å²) in [4.78, 5) is 2.54. The highest BCUT2D eigenvalue weighted by Crippen LogP contribution is 2.41. The SMILES string of the molecule is CCCCN1CCCC(C(O)(c2ccccc2)c2ccccc2)C1. The van der Waals surface area contributed by atoms with Gasteiger partial charge in [-0.15, -0.1) is 0 Å². The van der Waals surface area contributed by atoms with Crippen molar-refractivity contribution >= 4 is 0 Å². The Labute approximate surface area is 146 Å². The van der Waals surface area contributed by atoms with Crippen molar-refractivity contribution in [3.05, 3.63) is 71.8 Å². The van der Waals surface area contributed by atoms with Crippen molar-refractivity contribution < 1.29 is 5.11 Å². The summed E-state index contributed by atoms with van der Waals surface area (Å²) < 4.78 is 0. The third kappa shape index (κ3) is 3.55. The van der Waals surface area contributed by atoms with E-state index in [4.69, 9.17) is 0 Å². The lowest BCUT2D eigenvalue weighted by Crippen LogP contribution is -2.47. The molecule has 0 radical (unpaired) electrons. The number of rotatable bonds is 6. The van der Waals surface area contributed by atoms with Crippen LogP contribution in [0.25, 0.3) is 0 Å². The summed E-state index contributed by atoms with van der Waals surface area (Å²) in [5.74, 6) is 0.230. The number of nitrogens with zero attached hydrogens (tertiary/aromatic N) is 1. The lowest BCUT2D eigenvalue weighted by atomic mass is 9.73. The van der Waals surface area contributed by atoms with E-state index in [0.717, 1.165) is 43.6 Å². The van der Waals surface area contributed by atoms with Gasteiger partial charge in [-0.3, -0.25) is 0 Å². The fourth-order valence-corrected chi connectivity index (χ4v) is 4.00. The Morgan fingerprint density at radius 2 is 1.58 bits per heavy atom. The van der Waals surface area contributed by atoms with Gasteiger partial charge < -0.3 is 10.0 Å². The van der Waals surface area contributed by atoms with E-state index < -0.39 is 5.60 Å². The molecule has 1 fully saturated rings. The first-order valence-electron chi connectivity index (χ1n) is 9.31. The first-order valence-corrected chi connectivity index (χ1v) is 9.31. The molecule has 1 N–H and O–H groups in total. The molecule has 2 aromatic rings. The molecule has 0 spiro atoms. The van der Waals surface area contributed by atoms with E-state index in [1.807, 2.05) is 36.4 Å². The molecular weight excluding hydrogens is 294 g/mol. The van der Waals surface area contributed by atoms with Gasteiger partial charge in [0, 0.05) is 12.5 Å². The van der Waals surface area contributed by atoms with Crippen LogP contribution < -0.4 is 0 Å². The highest BCUT2D eigenvalue weighted by Gasteiger charge is 2.41. The summed E-state index contributed by atoms with van der Waals surface area (Å²) in [6, 6.07) is 20.4. The summed E-state index contributed by atoms with van der Waals surface area (Å²) in [7, 11) is 0. The quantitative estimate of drug-likeness (QED) is 0.850. The summed E-state index contributed by atoms with van der Waals surface area (Å²) in [5.41, 5.74) is 1.12. The van der Waals surface area contributed by atoms with E-state index in [-0.39, 0.29) is 5.92 Å². The van der Waals surface area contributed by atoms with Crippen LogP contribution in [0.1, 0.15) is 43.7 Å². The van der Waals surface area contributed by atoms with Crippen molar-refractivity contribution in [2.45, 2.75) is 38.2 Å². The molecule has 1 aliphatic heterocycles. The minimum atomic E-state index is -0.909. The van der Waals surface area contributed by atoms with Gasteiger partial charge in [0.2, 0.25) is 0 Å². The van der Waals surface area contributed by atoms with Gasteiger partial charge in [-0.1, -0.05) is 74.0 Å². The van der Waals surface area contributed by atoms with Crippen LogP contribution in [-0.4, -0.2) is 29.6 Å². The molecule has 1 saturated heterocycles. The highest BCUT2D eigenvalue weighted by atomic mass is 16.3. The molecule has 2 nitrogen and oxygen atoms in total. The van der Waals surface area contributed by atoms with Crippen LogP contribution >= 0.6 is 0 Å². The lowest BCUT2D eigenvalue weighted by molar-refractivity contribution is -0.0200. The fraction of sp³-hybridized carbons (Fsp3) is 0.455. The number of likely N-dealkylation sites (tertiary alicyclic amines) is 1. The molecule has 0 amide bonds. The van der Waals surface area contributed by atoms with Gasteiger partial charge in [-0.2, -0.15) is 0 Å². The molecular formula is C22H29NO. The molecule has 3 rings (SSSR count). The molecule has 0 aliphatic carbocycles. The van der Waals surface area contributed by atoms with Crippen LogP contribution in [0.4, 0.5) is 0 Å². The van der Waals surface area contributed by atoms with E-state index in [0.29, 0.717) is 0 Å². The number of hydrogen-bond acceptors (Lipinski definition) is 2. The second kappa shape index (κ2) is 7.96. The molecule has 1 atom stereocenters. The first kappa shape index (κ1) is 17.2. The van der Waals surface area contributed by atoms with Gasteiger partial charge in [0.15, 0.2) is 0 Å². The van der Waals surface area contributed by atoms with Gasteiger partial charge >= 0.3 is 0 Å². The zero-order chi connectivity index (χ0) is 16.8. The third-order valence-corrected chi connectivity index (χ3v) is 5.35. The molecule has 0 saturated carbocycles. The highest BCUT2D eigenvalue weighted by molar-refractivity contribution is 5.37.